The van der Waals surface area contributed by atoms with Crippen LogP contribution in [0.5, 0.6) is 0 Å². The van der Waals surface area contributed by atoms with Gasteiger partial charge >= 0.3 is 0 Å². The zero-order valence-corrected chi connectivity index (χ0v) is 15.2. The van der Waals surface area contributed by atoms with E-state index in [1.165, 1.54) is 5.57 Å². The van der Waals surface area contributed by atoms with Gasteiger partial charge in [0, 0.05) is 5.41 Å². The molecule has 23 heavy (non-hydrogen) atoms. The van der Waals surface area contributed by atoms with Crippen LogP contribution >= 0.6 is 11.6 Å². The first-order valence-corrected chi connectivity index (χ1v) is 9.57. The molecule has 0 radical (unpaired) electrons. The van der Waals surface area contributed by atoms with Crippen LogP contribution in [-0.4, -0.2) is 21.9 Å². The lowest BCUT2D eigenvalue weighted by Crippen LogP contribution is -2.53. The maximum Gasteiger partial charge on any atom is 0.108 e. The molecular weight excluding hydrogens is 308 g/mol. The van der Waals surface area contributed by atoms with E-state index in [1.807, 2.05) is 6.08 Å². The number of halogens is 1. The Hall–Kier alpha value is -0.310. The number of hydrogen-bond acceptors (Lipinski definition) is 2. The number of aliphatic hydroxyl groups is 2. The van der Waals surface area contributed by atoms with E-state index in [9.17, 15) is 10.2 Å². The lowest BCUT2D eigenvalue weighted by molar-refractivity contribution is -0.111. The third-order valence-electron chi connectivity index (χ3n) is 8.32. The Bertz CT molecular complexity index is 592. The molecule has 0 saturated heterocycles. The molecule has 4 aliphatic rings. The summed E-state index contributed by atoms with van der Waals surface area (Å²) in [6.45, 7) is 6.69. The summed E-state index contributed by atoms with van der Waals surface area (Å²) in [5, 5.41) is 21.7. The predicted molar refractivity (Wildman–Crippen MR) is 93.0 cm³/mol. The molecule has 0 spiro atoms. The highest BCUT2D eigenvalue weighted by atomic mass is 35.5. The SMILES string of the molecule is C[C@]12C=CC(O)C(Cl)=C1CC[C@@H]1[C@@H]2CC[C@@]2(C)[C@H]1CC[C@]2(C)O. The second-order valence-corrected chi connectivity index (χ2v) is 9.50. The van der Waals surface area contributed by atoms with E-state index in [1.54, 1.807) is 0 Å². The Labute approximate surface area is 144 Å². The summed E-state index contributed by atoms with van der Waals surface area (Å²) in [7, 11) is 0. The monoisotopic (exact) mass is 336 g/mol. The first-order chi connectivity index (χ1) is 10.7. The Morgan fingerprint density at radius 2 is 1.78 bits per heavy atom. The summed E-state index contributed by atoms with van der Waals surface area (Å²) in [6.07, 6.45) is 9.98. The van der Waals surface area contributed by atoms with Crippen LogP contribution < -0.4 is 0 Å². The highest BCUT2D eigenvalue weighted by Gasteiger charge is 2.62. The number of hydrogen-bond donors (Lipinski definition) is 2. The first kappa shape index (κ1) is 16.2. The van der Waals surface area contributed by atoms with Crippen LogP contribution in [-0.2, 0) is 0 Å². The third-order valence-corrected chi connectivity index (χ3v) is 8.77. The molecule has 0 aromatic rings. The molecule has 4 rings (SSSR count). The predicted octanol–water partition coefficient (Wildman–Crippen LogP) is 4.40. The van der Waals surface area contributed by atoms with Crippen molar-refractivity contribution in [2.45, 2.75) is 71.0 Å². The largest absolute Gasteiger partial charge is 0.390 e. The number of rotatable bonds is 0. The average molecular weight is 337 g/mol. The van der Waals surface area contributed by atoms with Crippen LogP contribution in [0.15, 0.2) is 22.8 Å². The molecule has 2 N–H and O–H groups in total. The van der Waals surface area contributed by atoms with Crippen LogP contribution in [0.2, 0.25) is 0 Å². The molecule has 7 atom stereocenters. The molecule has 128 valence electrons. The summed E-state index contributed by atoms with van der Waals surface area (Å²) in [5.41, 5.74) is 0.807. The maximum atomic E-state index is 10.9. The number of fused-ring (bicyclic) bond motifs is 5. The van der Waals surface area contributed by atoms with Gasteiger partial charge in [0.25, 0.3) is 0 Å². The van der Waals surface area contributed by atoms with Gasteiger partial charge in [-0.25, -0.2) is 0 Å². The number of aliphatic hydroxyl groups excluding tert-OH is 1. The standard InChI is InChI=1S/C20H29ClO2/c1-18-9-8-16(22)17(21)15(18)5-4-12-13(18)6-10-19(2)14(12)7-11-20(19,3)23/h8-9,12-14,16,22-23H,4-7,10-11H2,1-3H3/t12-,13+,14+,16?,18-,19+,20+/m1/s1. The van der Waals surface area contributed by atoms with Gasteiger partial charge in [0.15, 0.2) is 0 Å². The molecule has 4 aliphatic carbocycles. The second-order valence-electron chi connectivity index (χ2n) is 9.10. The fourth-order valence-corrected chi connectivity index (χ4v) is 7.01. The lowest BCUT2D eigenvalue weighted by Gasteiger charge is -2.58. The smallest absolute Gasteiger partial charge is 0.108 e. The molecule has 0 aliphatic heterocycles. The van der Waals surface area contributed by atoms with E-state index >= 15 is 0 Å². The Balaban J connectivity index is 1.72. The van der Waals surface area contributed by atoms with Gasteiger partial charge in [0.05, 0.1) is 10.6 Å². The van der Waals surface area contributed by atoms with E-state index < -0.39 is 11.7 Å². The quantitative estimate of drug-likeness (QED) is 0.643. The van der Waals surface area contributed by atoms with Crippen LogP contribution in [0.25, 0.3) is 0 Å². The van der Waals surface area contributed by atoms with E-state index in [4.69, 9.17) is 11.6 Å². The molecule has 3 heteroatoms. The molecule has 0 aromatic heterocycles. The molecule has 2 nitrogen and oxygen atoms in total. The first-order valence-electron chi connectivity index (χ1n) is 9.19. The van der Waals surface area contributed by atoms with Gasteiger partial charge in [-0.2, -0.15) is 0 Å². The number of allylic oxidation sites excluding steroid dienone is 2. The van der Waals surface area contributed by atoms with Crippen molar-refractivity contribution in [3.63, 3.8) is 0 Å². The molecule has 0 amide bonds. The van der Waals surface area contributed by atoms with Crippen molar-refractivity contribution < 1.29 is 10.2 Å². The summed E-state index contributed by atoms with van der Waals surface area (Å²) < 4.78 is 0. The molecule has 3 fully saturated rings. The zero-order valence-electron chi connectivity index (χ0n) is 14.5. The van der Waals surface area contributed by atoms with Crippen molar-refractivity contribution in [2.75, 3.05) is 0 Å². The van der Waals surface area contributed by atoms with Crippen molar-refractivity contribution in [2.24, 2.45) is 28.6 Å². The van der Waals surface area contributed by atoms with Gasteiger partial charge in [0.2, 0.25) is 0 Å². The second kappa shape index (κ2) is 4.86. The van der Waals surface area contributed by atoms with Gasteiger partial charge in [-0.3, -0.25) is 0 Å². The molecule has 0 heterocycles. The summed E-state index contributed by atoms with van der Waals surface area (Å²) in [6, 6.07) is 0. The Morgan fingerprint density at radius 1 is 1.09 bits per heavy atom. The minimum absolute atomic E-state index is 0.00495. The van der Waals surface area contributed by atoms with Crippen molar-refractivity contribution in [3.8, 4) is 0 Å². The zero-order chi connectivity index (χ0) is 16.6. The normalized spacial score (nSPS) is 55.4. The van der Waals surface area contributed by atoms with E-state index in [2.05, 4.69) is 26.8 Å². The Kier molecular flexibility index (Phi) is 3.42. The van der Waals surface area contributed by atoms with Gasteiger partial charge in [0.1, 0.15) is 6.10 Å². The average Bonchev–Trinajstić information content (AvgIpc) is 2.74. The van der Waals surface area contributed by atoms with Gasteiger partial charge in [-0.15, -0.1) is 0 Å². The van der Waals surface area contributed by atoms with Crippen LogP contribution in [0.4, 0.5) is 0 Å². The molecule has 0 bridgehead atoms. The molecule has 1 unspecified atom stereocenters. The summed E-state index contributed by atoms with van der Waals surface area (Å²) in [5.74, 6) is 1.88. The molecule has 3 saturated carbocycles. The van der Waals surface area contributed by atoms with Gasteiger partial charge in [-0.1, -0.05) is 37.6 Å². The third kappa shape index (κ3) is 1.95. The van der Waals surface area contributed by atoms with Crippen LogP contribution in [0.1, 0.15) is 59.3 Å². The van der Waals surface area contributed by atoms with Crippen LogP contribution in [0, 0.1) is 28.6 Å². The van der Waals surface area contributed by atoms with Crippen molar-refractivity contribution in [1.82, 2.24) is 0 Å². The topological polar surface area (TPSA) is 40.5 Å². The van der Waals surface area contributed by atoms with E-state index in [0.29, 0.717) is 22.8 Å². The summed E-state index contributed by atoms with van der Waals surface area (Å²) >= 11 is 6.48. The summed E-state index contributed by atoms with van der Waals surface area (Å²) in [4.78, 5) is 0. The fourth-order valence-electron chi connectivity index (χ4n) is 6.64. The highest BCUT2D eigenvalue weighted by molar-refractivity contribution is 6.31. The maximum absolute atomic E-state index is 10.9. The van der Waals surface area contributed by atoms with Crippen LogP contribution in [0.3, 0.4) is 0 Å². The molecular formula is C20H29ClO2. The van der Waals surface area contributed by atoms with Gasteiger partial charge < -0.3 is 10.2 Å². The van der Waals surface area contributed by atoms with E-state index in [-0.39, 0.29) is 10.8 Å². The highest BCUT2D eigenvalue weighted by Crippen LogP contribution is 2.67. The minimum atomic E-state index is -0.614. The Morgan fingerprint density at radius 3 is 2.52 bits per heavy atom. The lowest BCUT2D eigenvalue weighted by atomic mass is 9.47. The van der Waals surface area contributed by atoms with Gasteiger partial charge in [-0.05, 0) is 74.2 Å². The fraction of sp³-hybridized carbons (Fsp3) is 0.800. The van der Waals surface area contributed by atoms with E-state index in [0.717, 1.165) is 38.5 Å². The van der Waals surface area contributed by atoms with Crippen molar-refractivity contribution >= 4 is 11.6 Å². The minimum Gasteiger partial charge on any atom is -0.390 e. The van der Waals surface area contributed by atoms with Crippen molar-refractivity contribution in [3.05, 3.63) is 22.8 Å². The van der Waals surface area contributed by atoms with Crippen molar-refractivity contribution in [1.29, 1.82) is 0 Å². The molecule has 0 aromatic carbocycles.